The average molecular weight is 445 g/mol. The summed E-state index contributed by atoms with van der Waals surface area (Å²) < 4.78 is 0. The van der Waals surface area contributed by atoms with Gasteiger partial charge in [-0.15, -0.1) is 0 Å². The number of imide groups is 1. The molecule has 5 rings (SSSR count). The largest absolute Gasteiger partial charge is 0.299 e. The number of hydrogen-bond donors (Lipinski definition) is 0. The summed E-state index contributed by atoms with van der Waals surface area (Å²) in [5, 5.41) is 2.49. The molecule has 0 atom stereocenters. The van der Waals surface area contributed by atoms with Gasteiger partial charge in [0.25, 0.3) is 11.8 Å². The molecule has 2 heterocycles. The second kappa shape index (κ2) is 8.89. The van der Waals surface area contributed by atoms with Gasteiger partial charge < -0.3 is 0 Å². The molecule has 2 amide bonds. The van der Waals surface area contributed by atoms with Crippen LogP contribution in [0.3, 0.4) is 0 Å². The fourth-order valence-electron chi connectivity index (χ4n) is 4.73. The van der Waals surface area contributed by atoms with Crippen molar-refractivity contribution in [2.75, 3.05) is 26.2 Å². The minimum absolute atomic E-state index is 0.173. The fraction of sp³-hybridized carbons (Fsp3) is 0.259. The molecule has 5 heteroatoms. The minimum atomic E-state index is -0.173. The maximum absolute atomic E-state index is 13.0. The van der Waals surface area contributed by atoms with Gasteiger partial charge in [0.2, 0.25) is 0 Å². The van der Waals surface area contributed by atoms with Crippen LogP contribution in [0.25, 0.3) is 16.3 Å². The van der Waals surface area contributed by atoms with Crippen LogP contribution in [0, 0.1) is 0 Å². The predicted molar refractivity (Wildman–Crippen MR) is 129 cm³/mol. The lowest BCUT2D eigenvalue weighted by atomic mass is 9.94. The van der Waals surface area contributed by atoms with Crippen molar-refractivity contribution in [3.8, 4) is 0 Å². The second-order valence-corrected chi connectivity index (χ2v) is 8.90. The number of carbonyl (C=O) groups excluding carboxylic acids is 2. The van der Waals surface area contributed by atoms with Crippen molar-refractivity contribution >= 4 is 39.8 Å². The second-order valence-electron chi connectivity index (χ2n) is 8.47. The van der Waals surface area contributed by atoms with Gasteiger partial charge in [0.05, 0.1) is 0 Å². The van der Waals surface area contributed by atoms with Crippen LogP contribution in [0.15, 0.2) is 66.7 Å². The summed E-state index contributed by atoms with van der Waals surface area (Å²) in [5.74, 6) is -0.347. The maximum Gasteiger partial charge on any atom is 0.261 e. The predicted octanol–water partition coefficient (Wildman–Crippen LogP) is 5.66. The Balaban J connectivity index is 1.16. The number of hydrogen-bond acceptors (Lipinski definition) is 3. The third kappa shape index (κ3) is 3.96. The Hall–Kier alpha value is -2.95. The van der Waals surface area contributed by atoms with E-state index in [2.05, 4.69) is 23.1 Å². The number of amides is 2. The standard InChI is InChI=1S/C27H25ClN2O2/c28-22-11-9-19(10-12-22)20-13-17-29(18-14-20)15-1-2-16-30-26(31)23-7-3-5-21-6-4-8-24(25(21)23)27(30)32/h3-13H,1-2,14-18H2. The molecule has 3 aromatic rings. The lowest BCUT2D eigenvalue weighted by Gasteiger charge is -2.28. The Morgan fingerprint density at radius 3 is 2.09 bits per heavy atom. The van der Waals surface area contributed by atoms with Crippen LogP contribution in [0.2, 0.25) is 5.02 Å². The smallest absolute Gasteiger partial charge is 0.261 e. The van der Waals surface area contributed by atoms with E-state index in [0.717, 1.165) is 54.7 Å². The summed E-state index contributed by atoms with van der Waals surface area (Å²) in [4.78, 5) is 29.8. The lowest BCUT2D eigenvalue weighted by molar-refractivity contribution is 0.0606. The summed E-state index contributed by atoms with van der Waals surface area (Å²) in [6, 6.07) is 19.3. The molecule has 0 bridgehead atoms. The van der Waals surface area contributed by atoms with Gasteiger partial charge in [0.15, 0.2) is 0 Å². The molecule has 0 radical (unpaired) electrons. The summed E-state index contributed by atoms with van der Waals surface area (Å²) in [6.45, 7) is 3.37. The van der Waals surface area contributed by atoms with Crippen LogP contribution >= 0.6 is 11.6 Å². The van der Waals surface area contributed by atoms with E-state index in [9.17, 15) is 9.59 Å². The van der Waals surface area contributed by atoms with Crippen LogP contribution in [0.5, 0.6) is 0 Å². The molecular weight excluding hydrogens is 420 g/mol. The van der Waals surface area contributed by atoms with Crippen molar-refractivity contribution < 1.29 is 9.59 Å². The molecule has 0 aliphatic carbocycles. The number of carbonyl (C=O) groups is 2. The highest BCUT2D eigenvalue weighted by molar-refractivity contribution is 6.30. The number of unbranched alkanes of at least 4 members (excludes halogenated alkanes) is 1. The first-order chi connectivity index (χ1) is 15.6. The molecule has 32 heavy (non-hydrogen) atoms. The molecule has 162 valence electrons. The average Bonchev–Trinajstić information content (AvgIpc) is 2.83. The topological polar surface area (TPSA) is 40.6 Å². The zero-order valence-corrected chi connectivity index (χ0v) is 18.6. The molecule has 0 spiro atoms. The zero-order chi connectivity index (χ0) is 22.1. The third-order valence-corrected chi connectivity index (χ3v) is 6.72. The van der Waals surface area contributed by atoms with E-state index in [1.54, 1.807) is 0 Å². The Bertz CT molecular complexity index is 1170. The van der Waals surface area contributed by atoms with Crippen molar-refractivity contribution in [1.29, 1.82) is 0 Å². The van der Waals surface area contributed by atoms with E-state index in [1.807, 2.05) is 48.5 Å². The van der Waals surface area contributed by atoms with Crippen molar-refractivity contribution in [1.82, 2.24) is 9.80 Å². The number of nitrogens with zero attached hydrogens (tertiary/aromatic N) is 2. The van der Waals surface area contributed by atoms with Gasteiger partial charge in [-0.1, -0.05) is 54.1 Å². The molecule has 3 aromatic carbocycles. The van der Waals surface area contributed by atoms with E-state index in [0.29, 0.717) is 17.7 Å². The van der Waals surface area contributed by atoms with Crippen molar-refractivity contribution in [3.63, 3.8) is 0 Å². The van der Waals surface area contributed by atoms with E-state index < -0.39 is 0 Å². The Morgan fingerprint density at radius 1 is 0.812 bits per heavy atom. The Morgan fingerprint density at radius 2 is 1.47 bits per heavy atom. The van der Waals surface area contributed by atoms with Crippen LogP contribution < -0.4 is 0 Å². The molecule has 0 aromatic heterocycles. The van der Waals surface area contributed by atoms with Gasteiger partial charge >= 0.3 is 0 Å². The fourth-order valence-corrected chi connectivity index (χ4v) is 4.86. The summed E-state index contributed by atoms with van der Waals surface area (Å²) in [6.07, 6.45) is 5.07. The molecule has 2 aliphatic heterocycles. The summed E-state index contributed by atoms with van der Waals surface area (Å²) >= 11 is 5.99. The zero-order valence-electron chi connectivity index (χ0n) is 17.9. The van der Waals surface area contributed by atoms with Crippen molar-refractivity contribution in [2.45, 2.75) is 19.3 Å². The molecule has 0 fully saturated rings. The molecular formula is C27H25ClN2O2. The first-order valence-corrected chi connectivity index (χ1v) is 11.5. The van der Waals surface area contributed by atoms with Gasteiger partial charge in [-0.3, -0.25) is 19.4 Å². The van der Waals surface area contributed by atoms with Crippen LogP contribution in [-0.4, -0.2) is 47.8 Å². The summed E-state index contributed by atoms with van der Waals surface area (Å²) in [7, 11) is 0. The van der Waals surface area contributed by atoms with E-state index in [4.69, 9.17) is 11.6 Å². The van der Waals surface area contributed by atoms with Gasteiger partial charge in [-0.2, -0.15) is 0 Å². The Labute approximate surface area is 193 Å². The molecule has 0 saturated heterocycles. The van der Waals surface area contributed by atoms with Gasteiger partial charge in [0, 0.05) is 41.2 Å². The van der Waals surface area contributed by atoms with Gasteiger partial charge in [-0.05, 0) is 66.6 Å². The Kier molecular flexibility index (Phi) is 5.81. The summed E-state index contributed by atoms with van der Waals surface area (Å²) in [5.41, 5.74) is 3.88. The maximum atomic E-state index is 13.0. The molecule has 0 saturated carbocycles. The van der Waals surface area contributed by atoms with Gasteiger partial charge in [0.1, 0.15) is 0 Å². The first kappa shape index (κ1) is 20.9. The SMILES string of the molecule is O=C1c2cccc3cccc(c23)C(=O)N1CCCCN1CC=C(c2ccc(Cl)cc2)CC1. The quantitative estimate of drug-likeness (QED) is 0.364. The number of benzene rings is 3. The van der Waals surface area contributed by atoms with E-state index >= 15 is 0 Å². The highest BCUT2D eigenvalue weighted by Crippen LogP contribution is 2.30. The highest BCUT2D eigenvalue weighted by atomic mass is 35.5. The molecule has 0 unspecified atom stereocenters. The highest BCUT2D eigenvalue weighted by Gasteiger charge is 2.32. The van der Waals surface area contributed by atoms with Crippen molar-refractivity contribution in [3.05, 3.63) is 88.5 Å². The number of rotatable bonds is 6. The monoisotopic (exact) mass is 444 g/mol. The van der Waals surface area contributed by atoms with E-state index in [-0.39, 0.29) is 11.8 Å². The minimum Gasteiger partial charge on any atom is -0.299 e. The van der Waals surface area contributed by atoms with Crippen LogP contribution in [-0.2, 0) is 0 Å². The van der Waals surface area contributed by atoms with E-state index in [1.165, 1.54) is 16.0 Å². The number of halogens is 1. The van der Waals surface area contributed by atoms with Gasteiger partial charge in [-0.25, -0.2) is 0 Å². The molecule has 0 N–H and O–H groups in total. The molecule has 2 aliphatic rings. The normalized spacial score (nSPS) is 16.5. The molecule has 4 nitrogen and oxygen atoms in total. The van der Waals surface area contributed by atoms with Crippen molar-refractivity contribution in [2.24, 2.45) is 0 Å². The third-order valence-electron chi connectivity index (χ3n) is 6.47. The van der Waals surface area contributed by atoms with Crippen LogP contribution in [0.1, 0.15) is 45.5 Å². The first-order valence-electron chi connectivity index (χ1n) is 11.2. The lowest BCUT2D eigenvalue weighted by Crippen LogP contribution is -2.41. The van der Waals surface area contributed by atoms with Crippen LogP contribution in [0.4, 0.5) is 0 Å².